The topological polar surface area (TPSA) is 110 Å². The van der Waals surface area contributed by atoms with Crippen LogP contribution in [0.15, 0.2) is 12.1 Å². The molecule has 94 valence electrons. The fraction of sp³-hybridized carbons (Fsp3) is 0.417. The van der Waals surface area contributed by atoms with Crippen LogP contribution in [0.25, 0.3) is 0 Å². The molecule has 1 aromatic carbocycles. The van der Waals surface area contributed by atoms with E-state index in [0.717, 1.165) is 6.42 Å². The maximum Gasteiger partial charge on any atom is 0.336 e. The van der Waals surface area contributed by atoms with E-state index >= 15 is 0 Å². The Balaban J connectivity index is 2.96. The normalized spacial score (nSPS) is 12.4. The summed E-state index contributed by atoms with van der Waals surface area (Å²) in [7, 11) is 0. The van der Waals surface area contributed by atoms with E-state index < -0.39 is 5.97 Å². The highest BCUT2D eigenvalue weighted by Crippen LogP contribution is 2.26. The monoisotopic (exact) mass is 238 g/mol. The van der Waals surface area contributed by atoms with Crippen LogP contribution in [-0.2, 0) is 6.42 Å². The predicted octanol–water partition coefficient (Wildman–Crippen LogP) is 1.34. The van der Waals surface area contributed by atoms with E-state index in [9.17, 15) is 9.90 Å². The van der Waals surface area contributed by atoms with E-state index in [2.05, 4.69) is 0 Å². The number of hydrogen-bond acceptors (Lipinski definition) is 4. The summed E-state index contributed by atoms with van der Waals surface area (Å²) >= 11 is 0. The highest BCUT2D eigenvalue weighted by Gasteiger charge is 2.14. The van der Waals surface area contributed by atoms with Crippen LogP contribution in [0, 0.1) is 0 Å². The number of carboxylic acids is 1. The number of nitrogens with two attached hydrogens (primary N) is 2. The highest BCUT2D eigenvalue weighted by molar-refractivity contribution is 5.91. The molecule has 0 aliphatic carbocycles. The second-order valence-corrected chi connectivity index (χ2v) is 4.08. The van der Waals surface area contributed by atoms with Crippen molar-refractivity contribution in [3.05, 3.63) is 23.3 Å². The summed E-state index contributed by atoms with van der Waals surface area (Å²) in [6.45, 7) is 1.98. The van der Waals surface area contributed by atoms with Gasteiger partial charge in [0.05, 0.1) is 11.3 Å². The first-order valence-electron chi connectivity index (χ1n) is 5.56. The largest absolute Gasteiger partial charge is 0.506 e. The summed E-state index contributed by atoms with van der Waals surface area (Å²) < 4.78 is 0. The Morgan fingerprint density at radius 2 is 2.12 bits per heavy atom. The van der Waals surface area contributed by atoms with Crippen LogP contribution >= 0.6 is 0 Å². The number of anilines is 1. The first-order chi connectivity index (χ1) is 7.95. The third kappa shape index (κ3) is 3.35. The standard InChI is InChI=1S/C12H18N2O3/c1-2-8(13)4-3-7-5-11(15)10(14)6-9(7)12(16)17/h5-6,8,15H,2-4,13-14H2,1H3,(H,16,17). The van der Waals surface area contributed by atoms with Crippen molar-refractivity contribution in [2.24, 2.45) is 5.73 Å². The van der Waals surface area contributed by atoms with Crippen LogP contribution in [0.1, 0.15) is 35.7 Å². The summed E-state index contributed by atoms with van der Waals surface area (Å²) in [5.41, 5.74) is 12.0. The maximum atomic E-state index is 11.0. The van der Waals surface area contributed by atoms with Gasteiger partial charge in [-0.3, -0.25) is 0 Å². The van der Waals surface area contributed by atoms with Gasteiger partial charge in [0.15, 0.2) is 0 Å². The third-order valence-electron chi connectivity index (χ3n) is 2.79. The lowest BCUT2D eigenvalue weighted by Crippen LogP contribution is -2.19. The molecule has 17 heavy (non-hydrogen) atoms. The van der Waals surface area contributed by atoms with Gasteiger partial charge in [-0.25, -0.2) is 4.79 Å². The van der Waals surface area contributed by atoms with Crippen LogP contribution in [0.2, 0.25) is 0 Å². The summed E-state index contributed by atoms with van der Waals surface area (Å²) in [6, 6.07) is 2.72. The van der Waals surface area contributed by atoms with Crippen LogP contribution in [-0.4, -0.2) is 22.2 Å². The minimum absolute atomic E-state index is 0.0383. The van der Waals surface area contributed by atoms with Crippen molar-refractivity contribution in [3.8, 4) is 5.75 Å². The van der Waals surface area contributed by atoms with Gasteiger partial charge in [-0.15, -0.1) is 0 Å². The van der Waals surface area contributed by atoms with Gasteiger partial charge in [-0.1, -0.05) is 6.92 Å². The number of aryl methyl sites for hydroxylation is 1. The number of nitrogen functional groups attached to an aromatic ring is 1. The van der Waals surface area contributed by atoms with Gasteiger partial charge in [-0.05, 0) is 37.0 Å². The second-order valence-electron chi connectivity index (χ2n) is 4.08. The van der Waals surface area contributed by atoms with Crippen LogP contribution in [0.5, 0.6) is 5.75 Å². The molecule has 0 aliphatic heterocycles. The quantitative estimate of drug-likeness (QED) is 0.457. The molecular formula is C12H18N2O3. The van der Waals surface area contributed by atoms with Gasteiger partial charge in [0.1, 0.15) is 5.75 Å². The molecule has 0 heterocycles. The van der Waals surface area contributed by atoms with Crippen molar-refractivity contribution in [2.45, 2.75) is 32.2 Å². The predicted molar refractivity (Wildman–Crippen MR) is 66.1 cm³/mol. The van der Waals surface area contributed by atoms with Gasteiger partial charge >= 0.3 is 5.97 Å². The van der Waals surface area contributed by atoms with Crippen LogP contribution < -0.4 is 11.5 Å². The number of rotatable bonds is 5. The van der Waals surface area contributed by atoms with E-state index in [0.29, 0.717) is 18.4 Å². The van der Waals surface area contributed by atoms with E-state index in [4.69, 9.17) is 16.6 Å². The molecule has 0 spiro atoms. The number of benzene rings is 1. The molecule has 6 N–H and O–H groups in total. The van der Waals surface area contributed by atoms with Crippen molar-refractivity contribution >= 4 is 11.7 Å². The molecule has 1 rings (SSSR count). The molecule has 5 heteroatoms. The minimum Gasteiger partial charge on any atom is -0.506 e. The highest BCUT2D eigenvalue weighted by atomic mass is 16.4. The molecular weight excluding hydrogens is 220 g/mol. The minimum atomic E-state index is -1.04. The Bertz CT molecular complexity index is 418. The van der Waals surface area contributed by atoms with Crippen molar-refractivity contribution in [2.75, 3.05) is 5.73 Å². The molecule has 0 amide bonds. The lowest BCUT2D eigenvalue weighted by Gasteiger charge is -2.11. The molecule has 0 aliphatic rings. The average Bonchev–Trinajstić information content (AvgIpc) is 2.29. The van der Waals surface area contributed by atoms with Crippen LogP contribution in [0.3, 0.4) is 0 Å². The van der Waals surface area contributed by atoms with E-state index in [-0.39, 0.29) is 23.0 Å². The zero-order valence-corrected chi connectivity index (χ0v) is 9.81. The summed E-state index contributed by atoms with van der Waals surface area (Å²) in [5, 5.41) is 18.5. The van der Waals surface area contributed by atoms with Gasteiger partial charge in [-0.2, -0.15) is 0 Å². The number of hydrogen-bond donors (Lipinski definition) is 4. The molecule has 0 aromatic heterocycles. The number of phenolic OH excluding ortho intramolecular Hbond substituents is 1. The van der Waals surface area contributed by atoms with Crippen molar-refractivity contribution in [1.82, 2.24) is 0 Å². The molecule has 0 fully saturated rings. The summed E-state index contributed by atoms with van der Waals surface area (Å²) in [6.07, 6.45) is 2.04. The Morgan fingerprint density at radius 1 is 1.47 bits per heavy atom. The molecule has 0 saturated carbocycles. The van der Waals surface area contributed by atoms with E-state index in [1.54, 1.807) is 0 Å². The lowest BCUT2D eigenvalue weighted by atomic mass is 9.98. The van der Waals surface area contributed by atoms with E-state index in [1.165, 1.54) is 12.1 Å². The lowest BCUT2D eigenvalue weighted by molar-refractivity contribution is 0.0695. The average molecular weight is 238 g/mol. The fourth-order valence-corrected chi connectivity index (χ4v) is 1.60. The smallest absolute Gasteiger partial charge is 0.336 e. The van der Waals surface area contributed by atoms with Crippen molar-refractivity contribution in [3.63, 3.8) is 0 Å². The Hall–Kier alpha value is -1.75. The number of aromatic carboxylic acids is 1. The molecule has 1 aromatic rings. The van der Waals surface area contributed by atoms with Gasteiger partial charge in [0.2, 0.25) is 0 Å². The van der Waals surface area contributed by atoms with Crippen LogP contribution in [0.4, 0.5) is 5.69 Å². The van der Waals surface area contributed by atoms with Crippen molar-refractivity contribution in [1.29, 1.82) is 0 Å². The fourth-order valence-electron chi connectivity index (χ4n) is 1.60. The molecule has 0 bridgehead atoms. The summed E-state index contributed by atoms with van der Waals surface area (Å²) in [4.78, 5) is 11.0. The molecule has 1 atom stereocenters. The maximum absolute atomic E-state index is 11.0. The SMILES string of the molecule is CCC(N)CCc1cc(O)c(N)cc1C(=O)O. The zero-order chi connectivity index (χ0) is 13.0. The van der Waals surface area contributed by atoms with Crippen molar-refractivity contribution < 1.29 is 15.0 Å². The Kier molecular flexibility index (Phi) is 4.34. The number of phenols is 1. The molecule has 1 unspecified atom stereocenters. The Morgan fingerprint density at radius 3 is 2.65 bits per heavy atom. The van der Waals surface area contributed by atoms with E-state index in [1.807, 2.05) is 6.92 Å². The second kappa shape index (κ2) is 5.54. The number of aromatic hydroxyl groups is 1. The first kappa shape index (κ1) is 13.3. The molecule has 5 nitrogen and oxygen atoms in total. The molecule has 0 saturated heterocycles. The zero-order valence-electron chi connectivity index (χ0n) is 9.81. The van der Waals surface area contributed by atoms with Gasteiger partial charge < -0.3 is 21.7 Å². The first-order valence-corrected chi connectivity index (χ1v) is 5.56. The number of carboxylic acid groups (broad SMARTS) is 1. The molecule has 0 radical (unpaired) electrons. The van der Waals surface area contributed by atoms with Gasteiger partial charge in [0, 0.05) is 6.04 Å². The third-order valence-corrected chi connectivity index (χ3v) is 2.79. The Labute approximate surface area is 100 Å². The number of carbonyl (C=O) groups is 1. The summed E-state index contributed by atoms with van der Waals surface area (Å²) in [5.74, 6) is -1.13. The van der Waals surface area contributed by atoms with Gasteiger partial charge in [0.25, 0.3) is 0 Å².